The van der Waals surface area contributed by atoms with Gasteiger partial charge in [-0.1, -0.05) is 17.7 Å². The van der Waals surface area contributed by atoms with Gasteiger partial charge >= 0.3 is 0 Å². The van der Waals surface area contributed by atoms with Crippen LogP contribution < -0.4 is 10.6 Å². The molecule has 3 nitrogen and oxygen atoms in total. The minimum absolute atomic E-state index is 0.0820. The van der Waals surface area contributed by atoms with E-state index in [9.17, 15) is 4.79 Å². The van der Waals surface area contributed by atoms with Crippen LogP contribution in [0.4, 0.5) is 5.69 Å². The maximum absolute atomic E-state index is 11.7. The zero-order chi connectivity index (χ0) is 10.8. The van der Waals surface area contributed by atoms with Crippen molar-refractivity contribution in [2.24, 2.45) is 5.73 Å². The summed E-state index contributed by atoms with van der Waals surface area (Å²) in [5.74, 6) is 0.0820. The van der Waals surface area contributed by atoms with Crippen molar-refractivity contribution in [2.75, 3.05) is 18.0 Å². The Kier molecular flexibility index (Phi) is 2.93. The number of carbonyl (C=O) groups is 1. The molecule has 1 aromatic rings. The number of fused-ring (bicyclic) bond motifs is 1. The summed E-state index contributed by atoms with van der Waals surface area (Å²) in [6.07, 6.45) is 1.30. The molecule has 4 heteroatoms. The summed E-state index contributed by atoms with van der Waals surface area (Å²) in [7, 11) is 0. The Balaban J connectivity index is 2.27. The third-order valence-corrected chi connectivity index (χ3v) is 2.84. The van der Waals surface area contributed by atoms with Crippen LogP contribution in [-0.2, 0) is 11.2 Å². The van der Waals surface area contributed by atoms with Crippen LogP contribution in [0.2, 0.25) is 5.02 Å². The molecular formula is C11H13ClN2O. The number of rotatable bonds is 2. The standard InChI is InChI=1S/C11H13ClN2O/c12-9-2-1-8-4-6-14(10(8)7-9)11(15)3-5-13/h1-2,7H,3-6,13H2. The topological polar surface area (TPSA) is 46.3 Å². The summed E-state index contributed by atoms with van der Waals surface area (Å²) in [6.45, 7) is 1.14. The van der Waals surface area contributed by atoms with Crippen LogP contribution in [0.5, 0.6) is 0 Å². The highest BCUT2D eigenvalue weighted by Gasteiger charge is 2.23. The van der Waals surface area contributed by atoms with E-state index in [1.54, 1.807) is 4.90 Å². The van der Waals surface area contributed by atoms with Crippen LogP contribution in [0, 0.1) is 0 Å². The molecule has 0 saturated heterocycles. The van der Waals surface area contributed by atoms with Gasteiger partial charge in [0.2, 0.25) is 5.91 Å². The monoisotopic (exact) mass is 224 g/mol. The third-order valence-electron chi connectivity index (χ3n) is 2.60. The average molecular weight is 225 g/mol. The van der Waals surface area contributed by atoms with Gasteiger partial charge in [0.1, 0.15) is 0 Å². The molecule has 2 rings (SSSR count). The minimum atomic E-state index is 0.0820. The molecule has 0 fully saturated rings. The fraction of sp³-hybridized carbons (Fsp3) is 0.364. The fourth-order valence-electron chi connectivity index (χ4n) is 1.87. The molecule has 0 spiro atoms. The van der Waals surface area contributed by atoms with E-state index in [0.29, 0.717) is 18.0 Å². The van der Waals surface area contributed by atoms with Crippen LogP contribution in [0.15, 0.2) is 18.2 Å². The van der Waals surface area contributed by atoms with Gasteiger partial charge in [0.25, 0.3) is 0 Å². The molecule has 80 valence electrons. The Morgan fingerprint density at radius 3 is 3.07 bits per heavy atom. The molecule has 0 aliphatic carbocycles. The van der Waals surface area contributed by atoms with Crippen LogP contribution in [0.1, 0.15) is 12.0 Å². The second kappa shape index (κ2) is 4.21. The second-order valence-electron chi connectivity index (χ2n) is 3.61. The number of amides is 1. The predicted molar refractivity (Wildman–Crippen MR) is 61.2 cm³/mol. The van der Waals surface area contributed by atoms with Crippen molar-refractivity contribution in [3.05, 3.63) is 28.8 Å². The molecule has 1 amide bonds. The Morgan fingerprint density at radius 2 is 2.33 bits per heavy atom. The second-order valence-corrected chi connectivity index (χ2v) is 4.04. The molecule has 1 aliphatic rings. The van der Waals surface area contributed by atoms with E-state index in [0.717, 1.165) is 18.7 Å². The van der Waals surface area contributed by atoms with Crippen molar-refractivity contribution in [2.45, 2.75) is 12.8 Å². The summed E-state index contributed by atoms with van der Waals surface area (Å²) in [5, 5.41) is 0.668. The number of hydrogen-bond donors (Lipinski definition) is 1. The maximum Gasteiger partial charge on any atom is 0.228 e. The number of carbonyl (C=O) groups excluding carboxylic acids is 1. The maximum atomic E-state index is 11.7. The largest absolute Gasteiger partial charge is 0.330 e. The van der Waals surface area contributed by atoms with Gasteiger partial charge in [0.15, 0.2) is 0 Å². The Morgan fingerprint density at radius 1 is 1.53 bits per heavy atom. The summed E-state index contributed by atoms with van der Waals surface area (Å²) in [5.41, 5.74) is 7.50. The van der Waals surface area contributed by atoms with Crippen molar-refractivity contribution in [3.8, 4) is 0 Å². The van der Waals surface area contributed by atoms with Gasteiger partial charge in [-0.3, -0.25) is 4.79 Å². The lowest BCUT2D eigenvalue weighted by Gasteiger charge is -2.16. The molecule has 2 N–H and O–H groups in total. The molecule has 0 unspecified atom stereocenters. The molecule has 15 heavy (non-hydrogen) atoms. The normalized spacial score (nSPS) is 14.1. The van der Waals surface area contributed by atoms with Crippen LogP contribution in [-0.4, -0.2) is 19.0 Å². The highest BCUT2D eigenvalue weighted by molar-refractivity contribution is 6.31. The van der Waals surface area contributed by atoms with Gasteiger partial charge in [-0.2, -0.15) is 0 Å². The third kappa shape index (κ3) is 1.98. The lowest BCUT2D eigenvalue weighted by atomic mass is 10.2. The SMILES string of the molecule is NCCC(=O)N1CCc2ccc(Cl)cc21. The van der Waals surface area contributed by atoms with Crippen LogP contribution in [0.25, 0.3) is 0 Å². The fourth-order valence-corrected chi connectivity index (χ4v) is 2.04. The first-order valence-corrected chi connectivity index (χ1v) is 5.39. The molecule has 1 aromatic carbocycles. The van der Waals surface area contributed by atoms with Gasteiger partial charge < -0.3 is 10.6 Å². The van der Waals surface area contributed by atoms with Gasteiger partial charge in [0, 0.05) is 30.2 Å². The first-order valence-electron chi connectivity index (χ1n) is 5.01. The minimum Gasteiger partial charge on any atom is -0.330 e. The average Bonchev–Trinajstić information content (AvgIpc) is 2.60. The number of halogens is 1. The lowest BCUT2D eigenvalue weighted by molar-refractivity contribution is -0.118. The van der Waals surface area contributed by atoms with E-state index < -0.39 is 0 Å². The number of hydrogen-bond acceptors (Lipinski definition) is 2. The number of anilines is 1. The summed E-state index contributed by atoms with van der Waals surface area (Å²) >= 11 is 5.91. The molecular weight excluding hydrogens is 212 g/mol. The first-order chi connectivity index (χ1) is 7.22. The number of benzene rings is 1. The lowest BCUT2D eigenvalue weighted by Crippen LogP contribution is -2.30. The van der Waals surface area contributed by atoms with E-state index in [1.807, 2.05) is 18.2 Å². The van der Waals surface area contributed by atoms with Crippen molar-refractivity contribution >= 4 is 23.2 Å². The first kappa shape index (κ1) is 10.5. The molecule has 0 bridgehead atoms. The van der Waals surface area contributed by atoms with Crippen LogP contribution in [0.3, 0.4) is 0 Å². The molecule has 0 radical (unpaired) electrons. The zero-order valence-corrected chi connectivity index (χ0v) is 9.13. The van der Waals surface area contributed by atoms with E-state index in [-0.39, 0.29) is 5.91 Å². The molecule has 0 aromatic heterocycles. The Bertz CT molecular complexity index is 392. The van der Waals surface area contributed by atoms with E-state index >= 15 is 0 Å². The van der Waals surface area contributed by atoms with E-state index in [1.165, 1.54) is 5.56 Å². The number of nitrogens with two attached hydrogens (primary N) is 1. The molecule has 1 aliphatic heterocycles. The van der Waals surface area contributed by atoms with Crippen molar-refractivity contribution in [3.63, 3.8) is 0 Å². The Labute approximate surface area is 93.8 Å². The summed E-state index contributed by atoms with van der Waals surface area (Å²) in [4.78, 5) is 13.5. The Hall–Kier alpha value is -1.06. The highest BCUT2D eigenvalue weighted by atomic mass is 35.5. The molecule has 1 heterocycles. The van der Waals surface area contributed by atoms with Crippen molar-refractivity contribution in [1.29, 1.82) is 0 Å². The predicted octanol–water partition coefficient (Wildman–Crippen LogP) is 1.58. The number of nitrogens with zero attached hydrogens (tertiary/aromatic N) is 1. The van der Waals surface area contributed by atoms with Gasteiger partial charge in [0.05, 0.1) is 0 Å². The van der Waals surface area contributed by atoms with Gasteiger partial charge in [-0.15, -0.1) is 0 Å². The zero-order valence-electron chi connectivity index (χ0n) is 8.37. The van der Waals surface area contributed by atoms with E-state index in [2.05, 4.69) is 0 Å². The van der Waals surface area contributed by atoms with Gasteiger partial charge in [-0.25, -0.2) is 0 Å². The summed E-state index contributed by atoms with van der Waals surface area (Å²) in [6, 6.07) is 5.68. The van der Waals surface area contributed by atoms with Crippen molar-refractivity contribution in [1.82, 2.24) is 0 Å². The van der Waals surface area contributed by atoms with Gasteiger partial charge in [-0.05, 0) is 24.1 Å². The quantitative estimate of drug-likeness (QED) is 0.829. The van der Waals surface area contributed by atoms with Crippen molar-refractivity contribution < 1.29 is 4.79 Å². The highest BCUT2D eigenvalue weighted by Crippen LogP contribution is 2.30. The van der Waals surface area contributed by atoms with Crippen LogP contribution >= 0.6 is 11.6 Å². The summed E-state index contributed by atoms with van der Waals surface area (Å²) < 4.78 is 0. The smallest absolute Gasteiger partial charge is 0.228 e. The van der Waals surface area contributed by atoms with E-state index in [4.69, 9.17) is 17.3 Å². The molecule has 0 saturated carbocycles. The molecule has 0 atom stereocenters.